The van der Waals surface area contributed by atoms with Gasteiger partial charge in [-0.25, -0.2) is 0 Å². The third-order valence-corrected chi connectivity index (χ3v) is 4.10. The summed E-state index contributed by atoms with van der Waals surface area (Å²) in [7, 11) is 1.57. The summed E-state index contributed by atoms with van der Waals surface area (Å²) in [5.41, 5.74) is 0.0761. The van der Waals surface area contributed by atoms with E-state index in [9.17, 15) is 14.7 Å². The number of halogens is 1. The van der Waals surface area contributed by atoms with Crippen LogP contribution in [0.3, 0.4) is 0 Å². The maximum atomic E-state index is 12.4. The molecule has 0 aliphatic heterocycles. The van der Waals surface area contributed by atoms with Crippen molar-refractivity contribution >= 4 is 27.7 Å². The molecule has 6 nitrogen and oxygen atoms in total. The predicted molar refractivity (Wildman–Crippen MR) is 99.1 cm³/mol. The van der Waals surface area contributed by atoms with Crippen molar-refractivity contribution in [2.24, 2.45) is 0 Å². The molecule has 0 saturated heterocycles. The molecule has 2 aromatic rings. The van der Waals surface area contributed by atoms with Crippen LogP contribution in [0.5, 0.6) is 23.0 Å². The van der Waals surface area contributed by atoms with Crippen molar-refractivity contribution in [3.8, 4) is 23.0 Å². The van der Waals surface area contributed by atoms with E-state index in [1.54, 1.807) is 44.4 Å². The van der Waals surface area contributed by atoms with Crippen molar-refractivity contribution in [1.82, 2.24) is 0 Å². The molecule has 0 unspecified atom stereocenters. The van der Waals surface area contributed by atoms with Crippen LogP contribution in [-0.4, -0.2) is 30.6 Å². The number of Topliss-reactive ketones (excluding diaryl/α,β-unsaturated/α-hetero) is 1. The normalized spacial score (nSPS) is 10.3. The standard InChI is InChI=1S/C19H19BrO6/c1-3-25-18(22)9-8-17(21)15-10-14(11-16(20)19(15)23)26-13-6-4-12(24-2)5-7-13/h4-7,10-11,23H,3,8-9H2,1-2H3. The topological polar surface area (TPSA) is 82.1 Å². The lowest BCUT2D eigenvalue weighted by Crippen LogP contribution is -2.08. The maximum absolute atomic E-state index is 12.4. The number of ketones is 1. The Morgan fingerprint density at radius 3 is 2.31 bits per heavy atom. The van der Waals surface area contributed by atoms with Gasteiger partial charge < -0.3 is 19.3 Å². The van der Waals surface area contributed by atoms with Gasteiger partial charge in [-0.1, -0.05) is 0 Å². The Morgan fingerprint density at radius 1 is 1.04 bits per heavy atom. The molecule has 2 rings (SSSR count). The number of hydrogen-bond donors (Lipinski definition) is 1. The zero-order valence-electron chi connectivity index (χ0n) is 14.5. The van der Waals surface area contributed by atoms with Crippen LogP contribution < -0.4 is 9.47 Å². The van der Waals surface area contributed by atoms with Crippen LogP contribution in [0, 0.1) is 0 Å². The summed E-state index contributed by atoms with van der Waals surface area (Å²) < 4.78 is 15.9. The average Bonchev–Trinajstić information content (AvgIpc) is 2.63. The van der Waals surface area contributed by atoms with Crippen LogP contribution in [0.4, 0.5) is 0 Å². The number of ether oxygens (including phenoxy) is 3. The molecule has 0 aliphatic rings. The minimum atomic E-state index is -0.454. The van der Waals surface area contributed by atoms with Gasteiger partial charge in [0.15, 0.2) is 5.78 Å². The lowest BCUT2D eigenvalue weighted by atomic mass is 10.1. The summed E-state index contributed by atoms with van der Waals surface area (Å²) in [6.07, 6.45) is -0.113. The number of carbonyl (C=O) groups excluding carboxylic acids is 2. The molecule has 0 fully saturated rings. The molecule has 0 saturated carbocycles. The van der Waals surface area contributed by atoms with Crippen LogP contribution in [0.15, 0.2) is 40.9 Å². The van der Waals surface area contributed by atoms with E-state index in [-0.39, 0.29) is 36.5 Å². The van der Waals surface area contributed by atoms with E-state index in [0.717, 1.165) is 0 Å². The number of esters is 1. The summed E-state index contributed by atoms with van der Waals surface area (Å²) in [6, 6.07) is 9.94. The highest BCUT2D eigenvalue weighted by molar-refractivity contribution is 9.10. The number of methoxy groups -OCH3 is 1. The molecular weight excluding hydrogens is 404 g/mol. The molecule has 7 heteroatoms. The number of aromatic hydroxyl groups is 1. The van der Waals surface area contributed by atoms with Gasteiger partial charge in [-0.15, -0.1) is 0 Å². The van der Waals surface area contributed by atoms with E-state index in [1.165, 1.54) is 6.07 Å². The van der Waals surface area contributed by atoms with Crippen molar-refractivity contribution in [3.05, 3.63) is 46.4 Å². The van der Waals surface area contributed by atoms with Crippen LogP contribution in [0.1, 0.15) is 30.1 Å². The van der Waals surface area contributed by atoms with Crippen molar-refractivity contribution < 1.29 is 28.9 Å². The number of benzene rings is 2. The second-order valence-electron chi connectivity index (χ2n) is 5.31. The first kappa shape index (κ1) is 19.8. The molecule has 0 atom stereocenters. The molecule has 0 bridgehead atoms. The van der Waals surface area contributed by atoms with Gasteiger partial charge in [-0.05, 0) is 59.3 Å². The second-order valence-corrected chi connectivity index (χ2v) is 6.16. The van der Waals surface area contributed by atoms with Gasteiger partial charge in [-0.2, -0.15) is 0 Å². The fraction of sp³-hybridized carbons (Fsp3) is 0.263. The van der Waals surface area contributed by atoms with Gasteiger partial charge in [0.1, 0.15) is 23.0 Å². The zero-order valence-corrected chi connectivity index (χ0v) is 16.0. The first-order valence-electron chi connectivity index (χ1n) is 7.97. The van der Waals surface area contributed by atoms with Gasteiger partial charge in [0.05, 0.1) is 30.2 Å². The summed E-state index contributed by atoms with van der Waals surface area (Å²) >= 11 is 3.21. The number of phenols is 1. The van der Waals surface area contributed by atoms with E-state index >= 15 is 0 Å². The molecule has 0 aromatic heterocycles. The monoisotopic (exact) mass is 422 g/mol. The Labute approximate surface area is 159 Å². The molecule has 2 aromatic carbocycles. The first-order valence-corrected chi connectivity index (χ1v) is 8.77. The Morgan fingerprint density at radius 2 is 1.69 bits per heavy atom. The number of carbonyl (C=O) groups is 2. The summed E-state index contributed by atoms with van der Waals surface area (Å²) in [4.78, 5) is 23.8. The van der Waals surface area contributed by atoms with Gasteiger partial charge in [-0.3, -0.25) is 9.59 Å². The molecule has 26 heavy (non-hydrogen) atoms. The van der Waals surface area contributed by atoms with Crippen LogP contribution >= 0.6 is 15.9 Å². The average molecular weight is 423 g/mol. The lowest BCUT2D eigenvalue weighted by molar-refractivity contribution is -0.143. The van der Waals surface area contributed by atoms with Gasteiger partial charge in [0.2, 0.25) is 0 Å². The molecule has 138 valence electrons. The van der Waals surface area contributed by atoms with E-state index < -0.39 is 5.97 Å². The minimum Gasteiger partial charge on any atom is -0.506 e. The molecule has 0 spiro atoms. The van der Waals surface area contributed by atoms with Crippen molar-refractivity contribution in [1.29, 1.82) is 0 Å². The third-order valence-electron chi connectivity index (χ3n) is 3.49. The van der Waals surface area contributed by atoms with Crippen LogP contribution in [0.25, 0.3) is 0 Å². The molecular formula is C19H19BrO6. The molecule has 0 aliphatic carbocycles. The second kappa shape index (κ2) is 9.24. The smallest absolute Gasteiger partial charge is 0.306 e. The van der Waals surface area contributed by atoms with Gasteiger partial charge >= 0.3 is 5.97 Å². The van der Waals surface area contributed by atoms with Gasteiger partial charge in [0.25, 0.3) is 0 Å². The van der Waals surface area contributed by atoms with Crippen molar-refractivity contribution in [2.45, 2.75) is 19.8 Å². The highest BCUT2D eigenvalue weighted by Gasteiger charge is 2.18. The summed E-state index contributed by atoms with van der Waals surface area (Å²) in [6.45, 7) is 1.96. The Balaban J connectivity index is 2.16. The predicted octanol–water partition coefficient (Wildman–Crippen LogP) is 4.48. The minimum absolute atomic E-state index is 0.0483. The van der Waals surface area contributed by atoms with E-state index in [0.29, 0.717) is 21.7 Å². The Hall–Kier alpha value is -2.54. The quantitative estimate of drug-likeness (QED) is 0.498. The number of rotatable bonds is 8. The van der Waals surface area contributed by atoms with E-state index in [2.05, 4.69) is 15.9 Å². The number of phenolic OH excluding ortho intramolecular Hbond substituents is 1. The number of hydrogen-bond acceptors (Lipinski definition) is 6. The fourth-order valence-electron chi connectivity index (χ4n) is 2.21. The Bertz CT molecular complexity index is 785. The van der Waals surface area contributed by atoms with Crippen LogP contribution in [-0.2, 0) is 9.53 Å². The van der Waals surface area contributed by atoms with Gasteiger partial charge in [0, 0.05) is 6.42 Å². The fourth-order valence-corrected chi connectivity index (χ4v) is 2.65. The molecule has 0 heterocycles. The van der Waals surface area contributed by atoms with Crippen LogP contribution in [0.2, 0.25) is 0 Å². The Kier molecular flexibility index (Phi) is 7.03. The highest BCUT2D eigenvalue weighted by atomic mass is 79.9. The van der Waals surface area contributed by atoms with Crippen molar-refractivity contribution in [2.75, 3.05) is 13.7 Å². The lowest BCUT2D eigenvalue weighted by Gasteiger charge is -2.11. The largest absolute Gasteiger partial charge is 0.506 e. The highest BCUT2D eigenvalue weighted by Crippen LogP contribution is 2.35. The van der Waals surface area contributed by atoms with Crippen molar-refractivity contribution in [3.63, 3.8) is 0 Å². The summed E-state index contributed by atoms with van der Waals surface area (Å²) in [5.74, 6) is 0.592. The third kappa shape index (κ3) is 5.23. The summed E-state index contributed by atoms with van der Waals surface area (Å²) in [5, 5.41) is 10.1. The zero-order chi connectivity index (χ0) is 19.1. The maximum Gasteiger partial charge on any atom is 0.306 e. The molecule has 1 N–H and O–H groups in total. The molecule has 0 amide bonds. The van der Waals surface area contributed by atoms with E-state index in [1.807, 2.05) is 0 Å². The molecule has 0 radical (unpaired) electrons. The van der Waals surface area contributed by atoms with E-state index in [4.69, 9.17) is 14.2 Å². The SMILES string of the molecule is CCOC(=O)CCC(=O)c1cc(Oc2ccc(OC)cc2)cc(Br)c1O. The first-order chi connectivity index (χ1) is 12.4.